The molecule has 7 nitrogen and oxygen atoms in total. The lowest BCUT2D eigenvalue weighted by Crippen LogP contribution is -2.49. The van der Waals surface area contributed by atoms with E-state index in [1.165, 1.54) is 5.01 Å². The molecule has 0 radical (unpaired) electrons. The van der Waals surface area contributed by atoms with Gasteiger partial charge < -0.3 is 5.32 Å². The van der Waals surface area contributed by atoms with E-state index >= 15 is 0 Å². The van der Waals surface area contributed by atoms with Gasteiger partial charge >= 0.3 is 6.03 Å². The molecule has 2 aliphatic heterocycles. The van der Waals surface area contributed by atoms with Crippen molar-refractivity contribution in [2.45, 2.75) is 50.1 Å². The smallest absolute Gasteiger partial charge is 0.323 e. The van der Waals surface area contributed by atoms with Crippen LogP contribution >= 0.6 is 22.7 Å². The average molecular weight is 443 g/mol. The molecule has 5 rings (SSSR count). The molecule has 1 saturated carbocycles. The van der Waals surface area contributed by atoms with E-state index in [1.54, 1.807) is 22.7 Å². The third-order valence-corrected chi connectivity index (χ3v) is 7.98. The van der Waals surface area contributed by atoms with E-state index in [1.807, 2.05) is 35.0 Å². The van der Waals surface area contributed by atoms with Crippen molar-refractivity contribution < 1.29 is 14.4 Å². The molecule has 9 heteroatoms. The molecule has 1 aliphatic carbocycles. The number of carbonyl (C=O) groups is 3. The fourth-order valence-corrected chi connectivity index (χ4v) is 6.09. The van der Waals surface area contributed by atoms with Crippen molar-refractivity contribution in [1.29, 1.82) is 0 Å². The Bertz CT molecular complexity index is 994. The minimum Gasteiger partial charge on any atom is -0.323 e. The molecule has 30 heavy (non-hydrogen) atoms. The van der Waals surface area contributed by atoms with Gasteiger partial charge in [0.1, 0.15) is 12.1 Å². The molecule has 1 spiro atoms. The number of urea groups is 1. The average Bonchev–Trinajstić information content (AvgIpc) is 3.53. The summed E-state index contributed by atoms with van der Waals surface area (Å²) in [6.07, 6.45) is 4.80. The predicted molar refractivity (Wildman–Crippen MR) is 115 cm³/mol. The van der Waals surface area contributed by atoms with Crippen molar-refractivity contribution in [3.63, 3.8) is 0 Å². The Labute approximate surface area is 182 Å². The fraction of sp³-hybridized carbons (Fsp3) is 0.429. The number of carbonyl (C=O) groups excluding carboxylic acids is 3. The van der Waals surface area contributed by atoms with E-state index in [2.05, 4.69) is 10.4 Å². The topological polar surface area (TPSA) is 82.1 Å². The van der Waals surface area contributed by atoms with Crippen molar-refractivity contribution in [3.8, 4) is 0 Å². The van der Waals surface area contributed by atoms with Crippen molar-refractivity contribution in [1.82, 2.24) is 15.2 Å². The Morgan fingerprint density at radius 2 is 1.90 bits per heavy atom. The first kappa shape index (κ1) is 19.4. The van der Waals surface area contributed by atoms with E-state index < -0.39 is 11.6 Å². The summed E-state index contributed by atoms with van der Waals surface area (Å²) in [7, 11) is 0. The first-order valence-electron chi connectivity index (χ1n) is 10.2. The standard InChI is InChI=1S/C21H22N4O3S2/c26-18(13-24-19(27)21(22-20(24)28)8-2-1-3-9-21)25-15(17-7-5-11-30-17)12-14(23-25)16-6-4-10-29-16/h4-7,10-11,15H,1-3,8-9,12-13H2,(H,22,28). The first-order valence-corrected chi connectivity index (χ1v) is 11.9. The van der Waals surface area contributed by atoms with Crippen molar-refractivity contribution in [2.75, 3.05) is 6.54 Å². The molecule has 156 valence electrons. The predicted octanol–water partition coefficient (Wildman–Crippen LogP) is 3.74. The minimum absolute atomic E-state index is 0.209. The number of imide groups is 1. The highest BCUT2D eigenvalue weighted by Gasteiger charge is 2.52. The van der Waals surface area contributed by atoms with Gasteiger partial charge in [0.2, 0.25) is 0 Å². The van der Waals surface area contributed by atoms with Gasteiger partial charge in [-0.1, -0.05) is 31.4 Å². The molecule has 0 aromatic carbocycles. The molecule has 2 fully saturated rings. The summed E-state index contributed by atoms with van der Waals surface area (Å²) in [4.78, 5) is 42.0. The Morgan fingerprint density at radius 3 is 2.60 bits per heavy atom. The quantitative estimate of drug-likeness (QED) is 0.733. The van der Waals surface area contributed by atoms with E-state index in [-0.39, 0.29) is 24.4 Å². The minimum atomic E-state index is -0.820. The number of amides is 4. The first-order chi connectivity index (χ1) is 14.6. The Kier molecular flexibility index (Phi) is 4.94. The molecule has 3 aliphatic rings. The van der Waals surface area contributed by atoms with Crippen LogP contribution in [0.5, 0.6) is 0 Å². The SMILES string of the molecule is O=C1NC2(CCCCC2)C(=O)N1CC(=O)N1N=C(c2cccs2)CC1c1cccs1. The second-order valence-corrected chi connectivity index (χ2v) is 9.89. The molecule has 2 aromatic heterocycles. The van der Waals surface area contributed by atoms with Gasteiger partial charge in [-0.15, -0.1) is 22.7 Å². The van der Waals surface area contributed by atoms with Crippen LogP contribution in [0.1, 0.15) is 54.3 Å². The van der Waals surface area contributed by atoms with Gasteiger partial charge in [0.15, 0.2) is 0 Å². The molecule has 2 aromatic rings. The van der Waals surface area contributed by atoms with Crippen molar-refractivity contribution in [3.05, 3.63) is 44.8 Å². The molecular formula is C21H22N4O3S2. The van der Waals surface area contributed by atoms with Gasteiger partial charge in [-0.25, -0.2) is 9.80 Å². The highest BCUT2D eigenvalue weighted by atomic mass is 32.1. The lowest BCUT2D eigenvalue weighted by Gasteiger charge is -2.30. The number of rotatable bonds is 4. The third-order valence-electron chi connectivity index (χ3n) is 6.09. The maximum absolute atomic E-state index is 13.2. The highest BCUT2D eigenvalue weighted by molar-refractivity contribution is 7.12. The van der Waals surface area contributed by atoms with Crippen LogP contribution in [-0.2, 0) is 9.59 Å². The molecule has 1 atom stereocenters. The summed E-state index contributed by atoms with van der Waals surface area (Å²) in [5, 5.41) is 12.9. The van der Waals surface area contributed by atoms with Crippen LogP contribution < -0.4 is 5.32 Å². The molecule has 1 unspecified atom stereocenters. The van der Waals surface area contributed by atoms with Gasteiger partial charge in [-0.2, -0.15) is 5.10 Å². The van der Waals surface area contributed by atoms with Crippen LogP contribution in [0.25, 0.3) is 0 Å². The van der Waals surface area contributed by atoms with E-state index in [4.69, 9.17) is 0 Å². The Hall–Kier alpha value is -2.52. The molecule has 4 heterocycles. The Balaban J connectivity index is 1.38. The van der Waals surface area contributed by atoms with Gasteiger partial charge in [-0.05, 0) is 35.7 Å². The lowest BCUT2D eigenvalue weighted by molar-refractivity contribution is -0.140. The van der Waals surface area contributed by atoms with Gasteiger partial charge in [-0.3, -0.25) is 14.5 Å². The fourth-order valence-electron chi connectivity index (χ4n) is 4.56. The number of nitrogens with one attached hydrogen (secondary N) is 1. The molecule has 4 amide bonds. The third kappa shape index (κ3) is 3.26. The van der Waals surface area contributed by atoms with E-state index in [0.717, 1.165) is 39.6 Å². The number of nitrogens with zero attached hydrogens (tertiary/aromatic N) is 3. The van der Waals surface area contributed by atoms with Crippen LogP contribution in [0.3, 0.4) is 0 Å². The normalized spacial score (nSPS) is 23.2. The maximum atomic E-state index is 13.2. The lowest BCUT2D eigenvalue weighted by atomic mass is 9.82. The summed E-state index contributed by atoms with van der Waals surface area (Å²) in [5.41, 5.74) is 0.0387. The van der Waals surface area contributed by atoms with E-state index in [9.17, 15) is 14.4 Å². The van der Waals surface area contributed by atoms with Crippen LogP contribution in [0.4, 0.5) is 4.79 Å². The van der Waals surface area contributed by atoms with Crippen LogP contribution in [0.15, 0.2) is 40.1 Å². The van der Waals surface area contributed by atoms with Crippen LogP contribution in [0, 0.1) is 0 Å². The largest absolute Gasteiger partial charge is 0.325 e. The van der Waals surface area contributed by atoms with Gasteiger partial charge in [0, 0.05) is 11.3 Å². The summed E-state index contributed by atoms with van der Waals surface area (Å²) in [5.74, 6) is -0.605. The maximum Gasteiger partial charge on any atom is 0.325 e. The summed E-state index contributed by atoms with van der Waals surface area (Å²) in [6, 6.07) is 7.23. The van der Waals surface area contributed by atoms with Gasteiger partial charge in [0.05, 0.1) is 16.6 Å². The molecular weight excluding hydrogens is 420 g/mol. The molecule has 1 N–H and O–H groups in total. The second-order valence-electron chi connectivity index (χ2n) is 7.96. The summed E-state index contributed by atoms with van der Waals surface area (Å²) < 4.78 is 0. The molecule has 0 bridgehead atoms. The monoisotopic (exact) mass is 442 g/mol. The summed E-state index contributed by atoms with van der Waals surface area (Å²) in [6.45, 7) is -0.282. The number of hydrogen-bond acceptors (Lipinski definition) is 6. The van der Waals surface area contributed by atoms with Crippen molar-refractivity contribution >= 4 is 46.2 Å². The zero-order valence-electron chi connectivity index (χ0n) is 16.4. The number of hydrogen-bond donors (Lipinski definition) is 1. The van der Waals surface area contributed by atoms with E-state index in [0.29, 0.717) is 19.3 Å². The zero-order chi connectivity index (χ0) is 20.7. The number of thiophene rings is 2. The Morgan fingerprint density at radius 1 is 1.13 bits per heavy atom. The van der Waals surface area contributed by atoms with Gasteiger partial charge in [0.25, 0.3) is 11.8 Å². The zero-order valence-corrected chi connectivity index (χ0v) is 18.0. The molecule has 1 saturated heterocycles. The van der Waals surface area contributed by atoms with Crippen LogP contribution in [0.2, 0.25) is 0 Å². The van der Waals surface area contributed by atoms with Crippen LogP contribution in [-0.4, -0.2) is 45.5 Å². The number of hydrazone groups is 1. The summed E-state index contributed by atoms with van der Waals surface area (Å²) >= 11 is 3.17. The highest BCUT2D eigenvalue weighted by Crippen LogP contribution is 2.37. The van der Waals surface area contributed by atoms with Crippen molar-refractivity contribution in [2.24, 2.45) is 5.10 Å². The second kappa shape index (κ2) is 7.63.